The van der Waals surface area contributed by atoms with Gasteiger partial charge in [0.05, 0.1) is 25.5 Å². The van der Waals surface area contributed by atoms with E-state index in [1.165, 1.54) is 30.4 Å². The molecule has 7 nitrogen and oxygen atoms in total. The van der Waals surface area contributed by atoms with E-state index in [0.29, 0.717) is 48.4 Å². The highest BCUT2D eigenvalue weighted by Gasteiger charge is 2.45. The molecule has 3 atom stereocenters. The minimum absolute atomic E-state index is 0.349. The third-order valence-electron chi connectivity index (χ3n) is 8.35. The quantitative estimate of drug-likeness (QED) is 0.262. The Morgan fingerprint density at radius 1 is 0.974 bits per heavy atom. The SMILES string of the molecule is COCCOc1ccc(C(=N)c2cc(-c3ccc4c(c3)CCC(N3C5COCC3C5)CC4)cnc2N)cc1. The van der Waals surface area contributed by atoms with E-state index in [4.69, 9.17) is 25.4 Å². The van der Waals surface area contributed by atoms with Crippen LogP contribution in [-0.4, -0.2) is 67.3 Å². The fourth-order valence-electron chi connectivity index (χ4n) is 6.28. The molecule has 3 heterocycles. The summed E-state index contributed by atoms with van der Waals surface area (Å²) in [6, 6.07) is 18.2. The van der Waals surface area contributed by atoms with Crippen LogP contribution in [0, 0.1) is 5.41 Å². The number of nitrogens with one attached hydrogen (secondary N) is 1. The summed E-state index contributed by atoms with van der Waals surface area (Å²) in [6.45, 7) is 2.82. The lowest BCUT2D eigenvalue weighted by Crippen LogP contribution is -2.66. The Bertz CT molecular complexity index is 1290. The fourth-order valence-corrected chi connectivity index (χ4v) is 6.28. The molecule has 0 spiro atoms. The Morgan fingerprint density at radius 2 is 1.74 bits per heavy atom. The maximum Gasteiger partial charge on any atom is 0.132 e. The van der Waals surface area contributed by atoms with Crippen molar-refractivity contribution in [3.8, 4) is 16.9 Å². The molecule has 3 aromatic rings. The molecule has 38 heavy (non-hydrogen) atoms. The van der Waals surface area contributed by atoms with Crippen LogP contribution in [0.15, 0.2) is 54.7 Å². The molecular formula is C31H36N4O3. The van der Waals surface area contributed by atoms with Crippen LogP contribution >= 0.6 is 0 Å². The monoisotopic (exact) mass is 512 g/mol. The number of ether oxygens (including phenoxy) is 3. The normalized spacial score (nSPS) is 22.7. The van der Waals surface area contributed by atoms with E-state index in [1.54, 1.807) is 7.11 Å². The van der Waals surface area contributed by atoms with Crippen LogP contribution in [0.4, 0.5) is 5.82 Å². The molecule has 2 saturated heterocycles. The van der Waals surface area contributed by atoms with E-state index < -0.39 is 0 Å². The minimum Gasteiger partial charge on any atom is -0.491 e. The van der Waals surface area contributed by atoms with Gasteiger partial charge in [-0.2, -0.15) is 0 Å². The third-order valence-corrected chi connectivity index (χ3v) is 8.35. The lowest BCUT2D eigenvalue weighted by Gasteiger charge is -2.56. The minimum atomic E-state index is 0.349. The molecule has 198 valence electrons. The molecule has 0 saturated carbocycles. The first-order chi connectivity index (χ1) is 18.6. The predicted octanol–water partition coefficient (Wildman–Crippen LogP) is 4.49. The second-order valence-electron chi connectivity index (χ2n) is 10.6. The van der Waals surface area contributed by atoms with Crippen molar-refractivity contribution in [2.24, 2.45) is 0 Å². The summed E-state index contributed by atoms with van der Waals surface area (Å²) in [5.41, 5.74) is 13.0. The molecule has 3 unspecified atom stereocenters. The molecular weight excluding hydrogens is 476 g/mol. The van der Waals surface area contributed by atoms with Crippen molar-refractivity contribution in [2.75, 3.05) is 39.3 Å². The van der Waals surface area contributed by atoms with Crippen molar-refractivity contribution in [3.63, 3.8) is 0 Å². The number of hydrogen-bond acceptors (Lipinski definition) is 7. The lowest BCUT2D eigenvalue weighted by molar-refractivity contribution is -0.148. The van der Waals surface area contributed by atoms with E-state index in [1.807, 2.05) is 36.5 Å². The van der Waals surface area contributed by atoms with E-state index in [2.05, 4.69) is 28.1 Å². The number of hydrogen-bond donors (Lipinski definition) is 2. The van der Waals surface area contributed by atoms with Gasteiger partial charge in [-0.05, 0) is 79.1 Å². The Hall–Kier alpha value is -3.26. The van der Waals surface area contributed by atoms with Crippen LogP contribution in [0.1, 0.15) is 41.5 Å². The van der Waals surface area contributed by atoms with Crippen molar-refractivity contribution in [2.45, 2.75) is 50.2 Å². The zero-order chi connectivity index (χ0) is 26.1. The molecule has 6 rings (SSSR count). The van der Waals surface area contributed by atoms with Crippen molar-refractivity contribution in [1.82, 2.24) is 9.88 Å². The number of benzene rings is 2. The molecule has 1 aromatic heterocycles. The molecule has 2 aromatic carbocycles. The molecule has 2 bridgehead atoms. The number of anilines is 1. The number of morpholine rings is 1. The predicted molar refractivity (Wildman–Crippen MR) is 149 cm³/mol. The molecule has 0 amide bonds. The van der Waals surface area contributed by atoms with E-state index in [9.17, 15) is 0 Å². The van der Waals surface area contributed by atoms with Gasteiger partial charge in [-0.1, -0.05) is 18.2 Å². The zero-order valence-corrected chi connectivity index (χ0v) is 22.0. The maximum atomic E-state index is 8.83. The van der Waals surface area contributed by atoms with Crippen LogP contribution in [0.25, 0.3) is 11.1 Å². The number of rotatable bonds is 8. The number of nitrogen functional groups attached to an aromatic ring is 1. The summed E-state index contributed by atoms with van der Waals surface area (Å²) in [7, 11) is 1.65. The summed E-state index contributed by atoms with van der Waals surface area (Å²) in [6.07, 6.45) is 7.76. The first-order valence-electron chi connectivity index (χ1n) is 13.6. The topological polar surface area (TPSA) is 93.7 Å². The Morgan fingerprint density at radius 3 is 2.47 bits per heavy atom. The van der Waals surface area contributed by atoms with Crippen molar-refractivity contribution in [1.29, 1.82) is 5.41 Å². The summed E-state index contributed by atoms with van der Waals surface area (Å²) < 4.78 is 16.4. The average Bonchev–Trinajstić information content (AvgIpc) is 3.16. The second-order valence-corrected chi connectivity index (χ2v) is 10.6. The highest BCUT2D eigenvalue weighted by molar-refractivity contribution is 6.13. The standard InChI is InChI=1S/C31H36N4O3/c1-36-12-13-38-28-10-6-21(7-11-28)30(32)29-15-24(17-34-31(29)33)23-3-2-20-4-8-25(9-5-22(20)14-23)35-26-16-27(35)19-37-18-26/h2-3,6-7,10-11,14-15,17,25-27,32H,4-5,8-9,12-13,16,18-19H2,1H3,(H2,33,34). The zero-order valence-electron chi connectivity index (χ0n) is 22.0. The first-order valence-corrected chi connectivity index (χ1v) is 13.6. The van der Waals surface area contributed by atoms with Gasteiger partial charge < -0.3 is 19.9 Å². The highest BCUT2D eigenvalue weighted by Crippen LogP contribution is 2.37. The number of methoxy groups -OCH3 is 1. The Labute approximate surface area is 224 Å². The number of nitrogens with two attached hydrogens (primary N) is 1. The average molecular weight is 513 g/mol. The van der Waals surface area contributed by atoms with E-state index in [-0.39, 0.29) is 0 Å². The summed E-state index contributed by atoms with van der Waals surface area (Å²) in [5, 5.41) is 8.83. The van der Waals surface area contributed by atoms with Crippen LogP contribution in [0.5, 0.6) is 5.75 Å². The highest BCUT2D eigenvalue weighted by atomic mass is 16.5. The van der Waals surface area contributed by atoms with Gasteiger partial charge in [0.25, 0.3) is 0 Å². The number of pyridine rings is 1. The molecule has 2 fully saturated rings. The van der Waals surface area contributed by atoms with Crippen molar-refractivity contribution < 1.29 is 14.2 Å². The Kier molecular flexibility index (Phi) is 7.15. The van der Waals surface area contributed by atoms with Gasteiger partial charge in [-0.15, -0.1) is 0 Å². The summed E-state index contributed by atoms with van der Waals surface area (Å²) in [4.78, 5) is 7.21. The molecule has 0 radical (unpaired) electrons. The van der Waals surface area contributed by atoms with Crippen molar-refractivity contribution >= 4 is 11.5 Å². The van der Waals surface area contributed by atoms with Crippen LogP contribution in [0.3, 0.4) is 0 Å². The molecule has 3 N–H and O–H groups in total. The number of aryl methyl sites for hydroxylation is 2. The molecule has 1 aliphatic carbocycles. The Balaban J connectivity index is 1.18. The van der Waals surface area contributed by atoms with Crippen molar-refractivity contribution in [3.05, 3.63) is 77.0 Å². The van der Waals surface area contributed by atoms with Crippen LogP contribution in [0.2, 0.25) is 0 Å². The van der Waals surface area contributed by atoms with Gasteiger partial charge >= 0.3 is 0 Å². The van der Waals surface area contributed by atoms with E-state index in [0.717, 1.165) is 48.5 Å². The van der Waals surface area contributed by atoms with Gasteiger partial charge in [0.15, 0.2) is 0 Å². The molecule has 7 heteroatoms. The lowest BCUT2D eigenvalue weighted by atomic mass is 9.87. The van der Waals surface area contributed by atoms with Gasteiger partial charge in [0, 0.05) is 48.1 Å². The van der Waals surface area contributed by atoms with Crippen LogP contribution < -0.4 is 10.5 Å². The maximum absolute atomic E-state index is 8.83. The van der Waals surface area contributed by atoms with Gasteiger partial charge in [-0.3, -0.25) is 10.3 Å². The largest absolute Gasteiger partial charge is 0.491 e. The van der Waals surface area contributed by atoms with Gasteiger partial charge in [-0.25, -0.2) is 4.98 Å². The fraction of sp³-hybridized carbons (Fsp3) is 0.419. The summed E-state index contributed by atoms with van der Waals surface area (Å²) in [5.74, 6) is 1.11. The number of nitrogens with zero attached hydrogens (tertiary/aromatic N) is 2. The number of aromatic nitrogens is 1. The van der Waals surface area contributed by atoms with Gasteiger partial charge in [0.2, 0.25) is 0 Å². The first kappa shape index (κ1) is 25.0. The smallest absolute Gasteiger partial charge is 0.132 e. The second kappa shape index (κ2) is 10.8. The molecule has 3 aliphatic rings. The van der Waals surface area contributed by atoms with Crippen LogP contribution in [-0.2, 0) is 22.3 Å². The van der Waals surface area contributed by atoms with E-state index >= 15 is 0 Å². The summed E-state index contributed by atoms with van der Waals surface area (Å²) >= 11 is 0. The number of fused-ring (bicyclic) bond motifs is 3. The third kappa shape index (κ3) is 4.94. The molecule has 2 aliphatic heterocycles. The van der Waals surface area contributed by atoms with Gasteiger partial charge in [0.1, 0.15) is 18.2 Å².